The van der Waals surface area contributed by atoms with Crippen molar-refractivity contribution in [1.82, 2.24) is 4.98 Å². The minimum Gasteiger partial charge on any atom is -0.373 e. The highest BCUT2D eigenvalue weighted by Crippen LogP contribution is 2.29. The molecule has 0 amide bonds. The van der Waals surface area contributed by atoms with Gasteiger partial charge in [0.2, 0.25) is 0 Å². The summed E-state index contributed by atoms with van der Waals surface area (Å²) in [5, 5.41) is 2.72. The number of ether oxygens (including phenoxy) is 1. The third-order valence-electron chi connectivity index (χ3n) is 3.75. The maximum Gasteiger partial charge on any atom is 0.0813 e. The number of hydrogen-bond donors (Lipinski definition) is 1. The van der Waals surface area contributed by atoms with E-state index in [1.54, 1.807) is 0 Å². The van der Waals surface area contributed by atoms with Gasteiger partial charge < -0.3 is 9.72 Å². The Balaban J connectivity index is 1.89. The molecule has 0 saturated carbocycles. The normalized spacial score (nSPS) is 18.6. The smallest absolute Gasteiger partial charge is 0.0813 e. The first-order chi connectivity index (χ1) is 8.92. The van der Waals surface area contributed by atoms with Crippen LogP contribution in [0.5, 0.6) is 0 Å². The van der Waals surface area contributed by atoms with E-state index in [9.17, 15) is 0 Å². The van der Waals surface area contributed by atoms with Gasteiger partial charge in [0.25, 0.3) is 0 Å². The van der Waals surface area contributed by atoms with Gasteiger partial charge in [0.1, 0.15) is 0 Å². The summed E-state index contributed by atoms with van der Waals surface area (Å²) >= 11 is 0. The average Bonchev–Trinajstić information content (AvgIpc) is 3.15. The highest BCUT2D eigenvalue weighted by atomic mass is 16.6. The summed E-state index contributed by atoms with van der Waals surface area (Å²) in [5.41, 5.74) is 3.90. The molecule has 1 fully saturated rings. The summed E-state index contributed by atoms with van der Waals surface area (Å²) in [4.78, 5) is 3.49. The van der Waals surface area contributed by atoms with Gasteiger partial charge in [-0.2, -0.15) is 0 Å². The molecule has 0 bridgehead atoms. The van der Waals surface area contributed by atoms with Crippen LogP contribution in [0.3, 0.4) is 0 Å². The van der Waals surface area contributed by atoms with Crippen LogP contribution in [0.15, 0.2) is 42.5 Å². The Labute approximate surface area is 106 Å². The summed E-state index contributed by atoms with van der Waals surface area (Å²) in [6, 6.07) is 15.1. The van der Waals surface area contributed by atoms with E-state index in [4.69, 9.17) is 4.74 Å². The number of benzene rings is 2. The molecule has 2 heterocycles. The lowest BCUT2D eigenvalue weighted by molar-refractivity contribution is 0.397. The number of fused-ring (bicyclic) bond motifs is 3. The van der Waals surface area contributed by atoms with E-state index >= 15 is 0 Å². The molecular weight excluding hydrogens is 222 g/mol. The summed E-state index contributed by atoms with van der Waals surface area (Å²) in [7, 11) is 0. The Morgan fingerprint density at radius 2 is 1.89 bits per heavy atom. The fraction of sp³-hybridized carbons (Fsp3) is 0.250. The van der Waals surface area contributed by atoms with Crippen molar-refractivity contribution in [2.45, 2.75) is 18.9 Å². The second kappa shape index (κ2) is 3.85. The van der Waals surface area contributed by atoms with E-state index in [0.717, 1.165) is 19.4 Å². The molecule has 3 aromatic rings. The van der Waals surface area contributed by atoms with Crippen LogP contribution in [0.1, 0.15) is 12.0 Å². The zero-order valence-corrected chi connectivity index (χ0v) is 10.1. The Bertz CT molecular complexity index is 709. The first kappa shape index (κ1) is 10.2. The molecule has 4 rings (SSSR count). The van der Waals surface area contributed by atoms with Crippen LogP contribution in [0.2, 0.25) is 0 Å². The Morgan fingerprint density at radius 3 is 2.78 bits per heavy atom. The Kier molecular flexibility index (Phi) is 2.17. The molecular formula is C16H15NO. The van der Waals surface area contributed by atoms with Crippen molar-refractivity contribution in [3.8, 4) is 0 Å². The van der Waals surface area contributed by atoms with Gasteiger partial charge in [-0.1, -0.05) is 30.3 Å². The van der Waals surface area contributed by atoms with Crippen LogP contribution < -0.4 is 0 Å². The molecule has 0 radical (unpaired) electrons. The quantitative estimate of drug-likeness (QED) is 0.692. The van der Waals surface area contributed by atoms with Crippen LogP contribution in [-0.4, -0.2) is 17.7 Å². The summed E-state index contributed by atoms with van der Waals surface area (Å²) in [6.45, 7) is 0.948. The van der Waals surface area contributed by atoms with Gasteiger partial charge in [-0.3, -0.25) is 0 Å². The van der Waals surface area contributed by atoms with Crippen LogP contribution in [0.25, 0.3) is 21.8 Å². The van der Waals surface area contributed by atoms with Gasteiger partial charge in [0.15, 0.2) is 0 Å². The predicted octanol–water partition coefficient (Wildman–Crippen LogP) is 3.65. The van der Waals surface area contributed by atoms with Crippen molar-refractivity contribution in [3.05, 3.63) is 48.0 Å². The van der Waals surface area contributed by atoms with Crippen LogP contribution >= 0.6 is 0 Å². The molecule has 1 N–H and O–H groups in total. The summed E-state index contributed by atoms with van der Waals surface area (Å²) in [6.07, 6.45) is 2.74. The molecule has 1 aromatic heterocycles. The first-order valence-corrected chi connectivity index (χ1v) is 6.52. The molecule has 1 saturated heterocycles. The zero-order valence-electron chi connectivity index (χ0n) is 10.1. The summed E-state index contributed by atoms with van der Waals surface area (Å²) < 4.78 is 5.30. The monoisotopic (exact) mass is 237 g/mol. The number of aromatic amines is 1. The van der Waals surface area contributed by atoms with Gasteiger partial charge in [-0.25, -0.2) is 0 Å². The molecule has 1 aliphatic heterocycles. The number of hydrogen-bond acceptors (Lipinski definition) is 1. The van der Waals surface area contributed by atoms with E-state index in [1.165, 1.54) is 27.4 Å². The third-order valence-corrected chi connectivity index (χ3v) is 3.75. The van der Waals surface area contributed by atoms with Crippen molar-refractivity contribution in [3.63, 3.8) is 0 Å². The lowest BCUT2D eigenvalue weighted by Crippen LogP contribution is -1.91. The largest absolute Gasteiger partial charge is 0.373 e. The molecule has 0 aliphatic carbocycles. The second-order valence-corrected chi connectivity index (χ2v) is 5.00. The average molecular weight is 237 g/mol. The third kappa shape index (κ3) is 1.61. The van der Waals surface area contributed by atoms with E-state index in [-0.39, 0.29) is 0 Å². The summed E-state index contributed by atoms with van der Waals surface area (Å²) in [5.74, 6) is 0. The van der Waals surface area contributed by atoms with Crippen LogP contribution in [-0.2, 0) is 11.2 Å². The van der Waals surface area contributed by atoms with Gasteiger partial charge >= 0.3 is 0 Å². The fourth-order valence-electron chi connectivity index (χ4n) is 2.74. The topological polar surface area (TPSA) is 28.3 Å². The van der Waals surface area contributed by atoms with Crippen molar-refractivity contribution >= 4 is 21.8 Å². The molecule has 1 unspecified atom stereocenters. The number of aromatic nitrogens is 1. The van der Waals surface area contributed by atoms with E-state index in [2.05, 4.69) is 47.4 Å². The second-order valence-electron chi connectivity index (χ2n) is 5.00. The van der Waals surface area contributed by atoms with E-state index in [0.29, 0.717) is 6.10 Å². The van der Waals surface area contributed by atoms with Gasteiger partial charge in [0, 0.05) is 21.8 Å². The molecule has 18 heavy (non-hydrogen) atoms. The standard InChI is InChI=1S/C16H15NO/c1-2-6-14-13(5-1)16-11(8-9-12-10-18-12)4-3-7-15(16)17-14/h1-7,12,17H,8-10H2. The fourth-order valence-corrected chi connectivity index (χ4v) is 2.74. The predicted molar refractivity (Wildman–Crippen MR) is 73.9 cm³/mol. The Morgan fingerprint density at radius 1 is 1.06 bits per heavy atom. The molecule has 2 aromatic carbocycles. The molecule has 1 aliphatic rings. The number of para-hydroxylation sites is 1. The molecule has 1 atom stereocenters. The van der Waals surface area contributed by atoms with Crippen LogP contribution in [0, 0.1) is 0 Å². The first-order valence-electron chi connectivity index (χ1n) is 6.52. The molecule has 2 heteroatoms. The zero-order chi connectivity index (χ0) is 11.9. The van der Waals surface area contributed by atoms with Gasteiger partial charge in [0.05, 0.1) is 12.7 Å². The Hall–Kier alpha value is -1.80. The van der Waals surface area contributed by atoms with Crippen molar-refractivity contribution in [2.75, 3.05) is 6.61 Å². The minimum absolute atomic E-state index is 0.505. The number of aryl methyl sites for hydroxylation is 1. The lowest BCUT2D eigenvalue weighted by atomic mass is 10.0. The number of H-pyrrole nitrogens is 1. The molecule has 0 spiro atoms. The van der Waals surface area contributed by atoms with E-state index < -0.39 is 0 Å². The SMILES string of the molecule is c1ccc2c(c1)[nH]c1cccc(CCC3CO3)c12. The van der Waals surface area contributed by atoms with E-state index in [1.807, 2.05) is 0 Å². The van der Waals surface area contributed by atoms with Gasteiger partial charge in [-0.15, -0.1) is 0 Å². The minimum atomic E-state index is 0.505. The van der Waals surface area contributed by atoms with Crippen LogP contribution in [0.4, 0.5) is 0 Å². The molecule has 2 nitrogen and oxygen atoms in total. The van der Waals surface area contributed by atoms with Gasteiger partial charge in [-0.05, 0) is 30.5 Å². The van der Waals surface area contributed by atoms with Crippen molar-refractivity contribution in [1.29, 1.82) is 0 Å². The maximum atomic E-state index is 5.30. The maximum absolute atomic E-state index is 5.30. The van der Waals surface area contributed by atoms with Crippen molar-refractivity contribution < 1.29 is 4.74 Å². The highest BCUT2D eigenvalue weighted by molar-refractivity contribution is 6.08. The number of epoxide rings is 1. The van der Waals surface area contributed by atoms with Crippen molar-refractivity contribution in [2.24, 2.45) is 0 Å². The molecule has 90 valence electrons. The lowest BCUT2D eigenvalue weighted by Gasteiger charge is -2.02. The number of rotatable bonds is 3. The number of nitrogens with one attached hydrogen (secondary N) is 1. The highest BCUT2D eigenvalue weighted by Gasteiger charge is 2.22.